The normalized spacial score (nSPS) is 10.5. The monoisotopic (exact) mass is 381 g/mol. The molecule has 0 unspecified atom stereocenters. The van der Waals surface area contributed by atoms with E-state index in [0.29, 0.717) is 48.3 Å². The number of rotatable bonds is 9. The molecule has 0 fully saturated rings. The van der Waals surface area contributed by atoms with Crippen LogP contribution in [0.5, 0.6) is 5.75 Å². The first kappa shape index (κ1) is 19.6. The summed E-state index contributed by atoms with van der Waals surface area (Å²) in [6.07, 6.45) is 0.909. The largest absolute Gasteiger partial charge is 0.492 e. The number of halogens is 2. The number of ether oxygens (including phenoxy) is 1. The van der Waals surface area contributed by atoms with Crippen molar-refractivity contribution < 1.29 is 14.6 Å². The Morgan fingerprint density at radius 2 is 1.88 bits per heavy atom. The average Bonchev–Trinajstić information content (AvgIpc) is 2.60. The van der Waals surface area contributed by atoms with E-state index in [1.807, 2.05) is 30.3 Å². The van der Waals surface area contributed by atoms with Gasteiger partial charge >= 0.3 is 0 Å². The summed E-state index contributed by atoms with van der Waals surface area (Å²) in [5.74, 6) is 0.540. The van der Waals surface area contributed by atoms with E-state index in [0.717, 1.165) is 5.56 Å². The maximum absolute atomic E-state index is 12.4. The molecule has 1 N–H and O–H groups in total. The van der Waals surface area contributed by atoms with Gasteiger partial charge in [-0.05, 0) is 30.2 Å². The number of carbonyl (C=O) groups is 1. The zero-order valence-corrected chi connectivity index (χ0v) is 15.3. The zero-order valence-electron chi connectivity index (χ0n) is 13.8. The highest BCUT2D eigenvalue weighted by Gasteiger charge is 2.13. The van der Waals surface area contributed by atoms with E-state index in [1.165, 1.54) is 0 Å². The van der Waals surface area contributed by atoms with Gasteiger partial charge in [-0.3, -0.25) is 4.79 Å². The van der Waals surface area contributed by atoms with Crippen molar-refractivity contribution in [2.45, 2.75) is 19.4 Å². The van der Waals surface area contributed by atoms with Gasteiger partial charge in [-0.1, -0.05) is 53.5 Å². The van der Waals surface area contributed by atoms with E-state index in [-0.39, 0.29) is 12.5 Å². The summed E-state index contributed by atoms with van der Waals surface area (Å²) in [7, 11) is 0. The quantitative estimate of drug-likeness (QED) is 0.663. The summed E-state index contributed by atoms with van der Waals surface area (Å²) >= 11 is 11.9. The molecule has 0 saturated heterocycles. The molecule has 0 heterocycles. The van der Waals surface area contributed by atoms with Crippen molar-refractivity contribution in [2.75, 3.05) is 19.8 Å². The lowest BCUT2D eigenvalue weighted by atomic mass is 10.2. The Balaban J connectivity index is 1.80. The maximum Gasteiger partial charge on any atom is 0.223 e. The molecule has 2 aromatic carbocycles. The Morgan fingerprint density at radius 1 is 1.12 bits per heavy atom. The topological polar surface area (TPSA) is 49.8 Å². The van der Waals surface area contributed by atoms with Crippen molar-refractivity contribution in [3.63, 3.8) is 0 Å². The van der Waals surface area contributed by atoms with Gasteiger partial charge in [0.2, 0.25) is 5.91 Å². The van der Waals surface area contributed by atoms with Gasteiger partial charge in [0.15, 0.2) is 0 Å². The molecule has 0 aliphatic heterocycles. The highest BCUT2D eigenvalue weighted by molar-refractivity contribution is 6.35. The van der Waals surface area contributed by atoms with Gasteiger partial charge in [0.05, 0.1) is 18.2 Å². The SMILES string of the molecule is O=C(CCCOc1ccc(Cl)cc1Cl)N(CCO)Cc1ccccc1. The van der Waals surface area contributed by atoms with Crippen LogP contribution in [0.4, 0.5) is 0 Å². The molecule has 134 valence electrons. The van der Waals surface area contributed by atoms with E-state index < -0.39 is 0 Å². The third kappa shape index (κ3) is 6.58. The molecule has 0 aliphatic rings. The number of benzene rings is 2. The number of aliphatic hydroxyl groups is 1. The maximum atomic E-state index is 12.4. The number of hydrogen-bond donors (Lipinski definition) is 1. The van der Waals surface area contributed by atoms with Crippen LogP contribution in [0, 0.1) is 0 Å². The highest BCUT2D eigenvalue weighted by Crippen LogP contribution is 2.27. The number of hydrogen-bond acceptors (Lipinski definition) is 3. The number of nitrogens with zero attached hydrogens (tertiary/aromatic N) is 1. The van der Waals surface area contributed by atoms with Crippen LogP contribution in [0.25, 0.3) is 0 Å². The second-order valence-electron chi connectivity index (χ2n) is 5.55. The average molecular weight is 382 g/mol. The summed E-state index contributed by atoms with van der Waals surface area (Å²) < 4.78 is 5.59. The third-order valence-electron chi connectivity index (χ3n) is 3.63. The van der Waals surface area contributed by atoms with Gasteiger partial charge in [0.25, 0.3) is 0 Å². The summed E-state index contributed by atoms with van der Waals surface area (Å²) in [5, 5.41) is 10.2. The van der Waals surface area contributed by atoms with Crippen LogP contribution in [0.1, 0.15) is 18.4 Å². The molecule has 2 aromatic rings. The predicted octanol–water partition coefficient (Wildman–Crippen LogP) is 4.17. The fourth-order valence-electron chi connectivity index (χ4n) is 2.37. The standard InChI is InChI=1S/C19H21Cl2NO3/c20-16-8-9-18(17(21)13-16)25-12-4-7-19(24)22(10-11-23)14-15-5-2-1-3-6-15/h1-3,5-6,8-9,13,23H,4,7,10-12,14H2. The fourth-order valence-corrected chi connectivity index (χ4v) is 2.84. The molecule has 1 amide bonds. The van der Waals surface area contributed by atoms with E-state index >= 15 is 0 Å². The van der Waals surface area contributed by atoms with Crippen LogP contribution in [0.2, 0.25) is 10.0 Å². The minimum Gasteiger partial charge on any atom is -0.492 e. The molecular weight excluding hydrogens is 361 g/mol. The van der Waals surface area contributed by atoms with Crippen molar-refractivity contribution in [2.24, 2.45) is 0 Å². The lowest BCUT2D eigenvalue weighted by molar-refractivity contribution is -0.132. The number of amides is 1. The van der Waals surface area contributed by atoms with E-state index in [9.17, 15) is 9.90 Å². The molecule has 0 spiro atoms. The predicted molar refractivity (Wildman–Crippen MR) is 100 cm³/mol. The van der Waals surface area contributed by atoms with E-state index in [4.69, 9.17) is 27.9 Å². The van der Waals surface area contributed by atoms with Crippen molar-refractivity contribution in [1.82, 2.24) is 4.90 Å². The van der Waals surface area contributed by atoms with Crippen LogP contribution in [-0.4, -0.2) is 35.7 Å². The number of aliphatic hydroxyl groups excluding tert-OH is 1. The molecule has 0 radical (unpaired) electrons. The molecule has 0 aromatic heterocycles. The Bertz CT molecular complexity index is 680. The second kappa shape index (κ2) is 10.3. The van der Waals surface area contributed by atoms with Gasteiger partial charge in [-0.2, -0.15) is 0 Å². The minimum absolute atomic E-state index is 0.0105. The van der Waals surface area contributed by atoms with E-state index in [2.05, 4.69) is 0 Å². The van der Waals surface area contributed by atoms with Crippen LogP contribution >= 0.6 is 23.2 Å². The fraction of sp³-hybridized carbons (Fsp3) is 0.316. The van der Waals surface area contributed by atoms with Crippen molar-refractivity contribution in [3.8, 4) is 5.75 Å². The Labute approximate surface area is 157 Å². The molecule has 2 rings (SSSR count). The molecule has 0 bridgehead atoms. The molecule has 0 atom stereocenters. The Kier molecular flexibility index (Phi) is 8.06. The van der Waals surface area contributed by atoms with Crippen LogP contribution in [-0.2, 0) is 11.3 Å². The summed E-state index contributed by atoms with van der Waals surface area (Å²) in [6, 6.07) is 14.7. The molecule has 0 aliphatic carbocycles. The zero-order chi connectivity index (χ0) is 18.1. The van der Waals surface area contributed by atoms with E-state index in [1.54, 1.807) is 23.1 Å². The first-order valence-corrected chi connectivity index (χ1v) is 8.86. The Morgan fingerprint density at radius 3 is 2.56 bits per heavy atom. The molecular formula is C19H21Cl2NO3. The van der Waals surface area contributed by atoms with Crippen molar-refractivity contribution >= 4 is 29.1 Å². The second-order valence-corrected chi connectivity index (χ2v) is 6.39. The van der Waals surface area contributed by atoms with Gasteiger partial charge in [-0.25, -0.2) is 0 Å². The summed E-state index contributed by atoms with van der Waals surface area (Å²) in [5.41, 5.74) is 1.04. The van der Waals surface area contributed by atoms with Gasteiger partial charge < -0.3 is 14.7 Å². The molecule has 25 heavy (non-hydrogen) atoms. The first-order chi connectivity index (χ1) is 12.1. The molecule has 6 heteroatoms. The lowest BCUT2D eigenvalue weighted by Crippen LogP contribution is -2.33. The number of carbonyl (C=O) groups excluding carboxylic acids is 1. The molecule has 0 saturated carbocycles. The summed E-state index contributed by atoms with van der Waals surface area (Å²) in [6.45, 7) is 1.13. The smallest absolute Gasteiger partial charge is 0.223 e. The first-order valence-electron chi connectivity index (χ1n) is 8.10. The van der Waals surface area contributed by atoms with Crippen LogP contribution in [0.15, 0.2) is 48.5 Å². The van der Waals surface area contributed by atoms with Crippen molar-refractivity contribution in [1.29, 1.82) is 0 Å². The van der Waals surface area contributed by atoms with Gasteiger partial charge in [0, 0.05) is 24.5 Å². The highest BCUT2D eigenvalue weighted by atomic mass is 35.5. The summed E-state index contributed by atoms with van der Waals surface area (Å²) in [4.78, 5) is 14.0. The van der Waals surface area contributed by atoms with Crippen LogP contribution in [0.3, 0.4) is 0 Å². The van der Waals surface area contributed by atoms with Gasteiger partial charge in [-0.15, -0.1) is 0 Å². The third-order valence-corrected chi connectivity index (χ3v) is 4.16. The van der Waals surface area contributed by atoms with Crippen LogP contribution < -0.4 is 4.74 Å². The van der Waals surface area contributed by atoms with Gasteiger partial charge in [0.1, 0.15) is 5.75 Å². The molecule has 4 nitrogen and oxygen atoms in total. The van der Waals surface area contributed by atoms with Crippen molar-refractivity contribution in [3.05, 3.63) is 64.1 Å². The lowest BCUT2D eigenvalue weighted by Gasteiger charge is -2.22. The Hall–Kier alpha value is -1.75. The minimum atomic E-state index is -0.0601.